The number of thioether (sulfide) groups is 1. The van der Waals surface area contributed by atoms with Crippen LogP contribution < -0.4 is 5.73 Å². The smallest absolute Gasteiger partial charge is 0.323 e. The van der Waals surface area contributed by atoms with E-state index >= 15 is 0 Å². The molecule has 1 rings (SSSR count). The highest BCUT2D eigenvalue weighted by Crippen LogP contribution is 2.30. The molecule has 4 nitrogen and oxygen atoms in total. The number of hydrogen-bond acceptors (Lipinski definition) is 5. The summed E-state index contributed by atoms with van der Waals surface area (Å²) >= 11 is 1.76. The van der Waals surface area contributed by atoms with Crippen molar-refractivity contribution >= 4 is 17.7 Å². The Morgan fingerprint density at radius 1 is 1.50 bits per heavy atom. The highest BCUT2D eigenvalue weighted by molar-refractivity contribution is 7.99. The fourth-order valence-electron chi connectivity index (χ4n) is 1.93. The number of nitrogens with two attached hydrogens (primary N) is 1. The quantitative estimate of drug-likeness (QED) is 0.739. The third kappa shape index (κ3) is 4.31. The standard InChI is InChI=1S/C11H21NO3S/c1-14-8-4-3-5-9(6-8)16-7-10(12)11(13)15-2/h8-10H,3-7,12H2,1-2H3. The highest BCUT2D eigenvalue weighted by atomic mass is 32.2. The third-order valence-corrected chi connectivity index (χ3v) is 4.38. The first kappa shape index (κ1) is 13.8. The fraction of sp³-hybridized carbons (Fsp3) is 0.909. The van der Waals surface area contributed by atoms with Gasteiger partial charge in [-0.25, -0.2) is 0 Å². The molecular weight excluding hydrogens is 226 g/mol. The molecule has 1 aliphatic rings. The molecule has 0 bridgehead atoms. The van der Waals surface area contributed by atoms with Gasteiger partial charge >= 0.3 is 5.97 Å². The Kier molecular flexibility index (Phi) is 6.16. The average Bonchev–Trinajstić information content (AvgIpc) is 2.35. The third-order valence-electron chi connectivity index (χ3n) is 2.93. The molecule has 16 heavy (non-hydrogen) atoms. The van der Waals surface area contributed by atoms with Gasteiger partial charge in [-0.1, -0.05) is 0 Å². The molecule has 1 fully saturated rings. The van der Waals surface area contributed by atoms with Crippen molar-refractivity contribution in [1.29, 1.82) is 0 Å². The van der Waals surface area contributed by atoms with Gasteiger partial charge in [0.05, 0.1) is 13.2 Å². The van der Waals surface area contributed by atoms with Crippen LogP contribution in [0.2, 0.25) is 0 Å². The summed E-state index contributed by atoms with van der Waals surface area (Å²) in [4.78, 5) is 11.1. The van der Waals surface area contributed by atoms with E-state index in [0.29, 0.717) is 17.1 Å². The summed E-state index contributed by atoms with van der Waals surface area (Å²) in [5.41, 5.74) is 5.69. The zero-order chi connectivity index (χ0) is 12.0. The molecule has 94 valence electrons. The second-order valence-electron chi connectivity index (χ2n) is 4.11. The molecule has 0 amide bonds. The molecule has 3 atom stereocenters. The summed E-state index contributed by atoms with van der Waals surface area (Å²) in [7, 11) is 3.13. The molecule has 1 aliphatic carbocycles. The summed E-state index contributed by atoms with van der Waals surface area (Å²) in [5, 5.41) is 0.564. The Hall–Kier alpha value is -0.260. The number of methoxy groups -OCH3 is 2. The van der Waals surface area contributed by atoms with Gasteiger partial charge in [0.15, 0.2) is 0 Å². The lowest BCUT2D eigenvalue weighted by Crippen LogP contribution is -2.35. The molecule has 0 heterocycles. The maximum atomic E-state index is 11.1. The summed E-state index contributed by atoms with van der Waals surface area (Å²) in [6.07, 6.45) is 4.98. The van der Waals surface area contributed by atoms with Crippen molar-refractivity contribution in [3.05, 3.63) is 0 Å². The number of hydrogen-bond donors (Lipinski definition) is 1. The molecule has 3 unspecified atom stereocenters. The normalized spacial score (nSPS) is 27.4. The topological polar surface area (TPSA) is 61.5 Å². The lowest BCUT2D eigenvalue weighted by molar-refractivity contribution is -0.141. The van der Waals surface area contributed by atoms with Crippen LogP contribution in [-0.2, 0) is 14.3 Å². The first-order valence-corrected chi connectivity index (χ1v) is 6.70. The van der Waals surface area contributed by atoms with Gasteiger partial charge in [0.1, 0.15) is 6.04 Å². The van der Waals surface area contributed by atoms with Crippen LogP contribution >= 0.6 is 11.8 Å². The monoisotopic (exact) mass is 247 g/mol. The van der Waals surface area contributed by atoms with E-state index in [9.17, 15) is 4.79 Å². The number of ether oxygens (including phenoxy) is 2. The van der Waals surface area contributed by atoms with Crippen LogP contribution in [0.1, 0.15) is 25.7 Å². The summed E-state index contributed by atoms with van der Waals surface area (Å²) in [6.45, 7) is 0. The van der Waals surface area contributed by atoms with E-state index in [-0.39, 0.29) is 5.97 Å². The lowest BCUT2D eigenvalue weighted by atomic mass is 9.97. The molecule has 0 radical (unpaired) electrons. The minimum Gasteiger partial charge on any atom is -0.468 e. The number of carbonyl (C=O) groups excluding carboxylic acids is 1. The van der Waals surface area contributed by atoms with E-state index < -0.39 is 6.04 Å². The Balaban J connectivity index is 2.24. The van der Waals surface area contributed by atoms with E-state index in [1.807, 2.05) is 0 Å². The first-order chi connectivity index (χ1) is 7.67. The molecule has 2 N–H and O–H groups in total. The van der Waals surface area contributed by atoms with Crippen LogP contribution in [-0.4, -0.2) is 43.3 Å². The lowest BCUT2D eigenvalue weighted by Gasteiger charge is -2.28. The highest BCUT2D eigenvalue weighted by Gasteiger charge is 2.23. The SMILES string of the molecule is COC(=O)C(N)CSC1CCCC(OC)C1. The molecular formula is C11H21NO3S. The average molecular weight is 247 g/mol. The van der Waals surface area contributed by atoms with Crippen molar-refractivity contribution in [3.8, 4) is 0 Å². The van der Waals surface area contributed by atoms with Crippen molar-refractivity contribution < 1.29 is 14.3 Å². The van der Waals surface area contributed by atoms with Crippen LogP contribution in [0.4, 0.5) is 0 Å². The van der Waals surface area contributed by atoms with E-state index in [1.54, 1.807) is 18.9 Å². The van der Waals surface area contributed by atoms with Gasteiger partial charge in [-0.2, -0.15) is 11.8 Å². The first-order valence-electron chi connectivity index (χ1n) is 5.65. The van der Waals surface area contributed by atoms with Crippen LogP contribution in [0.5, 0.6) is 0 Å². The number of esters is 1. The van der Waals surface area contributed by atoms with Crippen molar-refractivity contribution in [3.63, 3.8) is 0 Å². The van der Waals surface area contributed by atoms with Crippen LogP contribution in [0.25, 0.3) is 0 Å². The summed E-state index contributed by atoms with van der Waals surface area (Å²) in [5.74, 6) is 0.305. The molecule has 0 aromatic carbocycles. The molecule has 1 saturated carbocycles. The van der Waals surface area contributed by atoms with Crippen molar-refractivity contribution in [2.75, 3.05) is 20.0 Å². The van der Waals surface area contributed by atoms with Gasteiger partial charge < -0.3 is 15.2 Å². The second-order valence-corrected chi connectivity index (χ2v) is 5.44. The van der Waals surface area contributed by atoms with Crippen molar-refractivity contribution in [2.45, 2.75) is 43.1 Å². The van der Waals surface area contributed by atoms with E-state index in [0.717, 1.165) is 12.8 Å². The van der Waals surface area contributed by atoms with E-state index in [4.69, 9.17) is 10.5 Å². The van der Waals surface area contributed by atoms with E-state index in [2.05, 4.69) is 4.74 Å². The van der Waals surface area contributed by atoms with Gasteiger partial charge in [0, 0.05) is 18.1 Å². The van der Waals surface area contributed by atoms with E-state index in [1.165, 1.54) is 20.0 Å². The molecule has 0 spiro atoms. The largest absolute Gasteiger partial charge is 0.468 e. The molecule has 0 aromatic rings. The number of rotatable bonds is 5. The molecule has 0 saturated heterocycles. The predicted octanol–water partition coefficient (Wildman–Crippen LogP) is 1.18. The van der Waals surface area contributed by atoms with Crippen LogP contribution in [0.15, 0.2) is 0 Å². The van der Waals surface area contributed by atoms with Crippen LogP contribution in [0, 0.1) is 0 Å². The van der Waals surface area contributed by atoms with Crippen molar-refractivity contribution in [1.82, 2.24) is 0 Å². The Morgan fingerprint density at radius 2 is 2.25 bits per heavy atom. The maximum absolute atomic E-state index is 11.1. The van der Waals surface area contributed by atoms with Gasteiger partial charge in [0.25, 0.3) is 0 Å². The van der Waals surface area contributed by atoms with Crippen molar-refractivity contribution in [2.24, 2.45) is 5.73 Å². The Labute approximate surface area is 101 Å². The zero-order valence-corrected chi connectivity index (χ0v) is 10.8. The molecule has 0 aliphatic heterocycles. The minimum absolute atomic E-state index is 0.327. The van der Waals surface area contributed by atoms with Gasteiger partial charge in [-0.05, 0) is 25.7 Å². The molecule has 0 aromatic heterocycles. The summed E-state index contributed by atoms with van der Waals surface area (Å²) < 4.78 is 9.95. The second kappa shape index (κ2) is 7.14. The summed E-state index contributed by atoms with van der Waals surface area (Å²) in [6, 6.07) is -0.502. The van der Waals surface area contributed by atoms with Gasteiger partial charge in [0.2, 0.25) is 0 Å². The molecule has 5 heteroatoms. The van der Waals surface area contributed by atoms with Gasteiger partial charge in [-0.15, -0.1) is 0 Å². The zero-order valence-electron chi connectivity index (χ0n) is 9.98. The minimum atomic E-state index is -0.502. The predicted molar refractivity (Wildman–Crippen MR) is 65.5 cm³/mol. The van der Waals surface area contributed by atoms with Crippen LogP contribution in [0.3, 0.4) is 0 Å². The Bertz CT molecular complexity index is 225. The fourth-order valence-corrected chi connectivity index (χ4v) is 3.23. The Morgan fingerprint density at radius 3 is 2.88 bits per heavy atom. The number of carbonyl (C=O) groups is 1. The maximum Gasteiger partial charge on any atom is 0.323 e. The van der Waals surface area contributed by atoms with Gasteiger partial charge in [-0.3, -0.25) is 4.79 Å².